The van der Waals surface area contributed by atoms with E-state index in [1.807, 2.05) is 6.07 Å². The highest BCUT2D eigenvalue weighted by atomic mass is 32.3. The first-order valence-corrected chi connectivity index (χ1v) is 13.0. The van der Waals surface area contributed by atoms with E-state index in [1.165, 1.54) is 28.6 Å². The van der Waals surface area contributed by atoms with E-state index >= 15 is 0 Å². The number of para-hydroxylation sites is 3. The van der Waals surface area contributed by atoms with Crippen molar-refractivity contribution in [3.05, 3.63) is 91.0 Å². The molecule has 0 aromatic heterocycles. The van der Waals surface area contributed by atoms with Crippen molar-refractivity contribution < 1.29 is 29.4 Å². The molecule has 0 amide bonds. The molecular weight excluding hydrogens is 466 g/mol. The summed E-state index contributed by atoms with van der Waals surface area (Å²) in [5, 5.41) is 0. The molecule has 3 aromatic carbocycles. The zero-order valence-electron chi connectivity index (χ0n) is 17.8. The second kappa shape index (κ2) is 11.7. The Morgan fingerprint density at radius 1 is 0.515 bits per heavy atom. The van der Waals surface area contributed by atoms with Gasteiger partial charge in [-0.05, 0) is 49.2 Å². The van der Waals surface area contributed by atoms with Gasteiger partial charge in [0.1, 0.15) is 17.2 Å². The van der Waals surface area contributed by atoms with Gasteiger partial charge in [-0.15, -0.1) is 8.42 Å². The van der Waals surface area contributed by atoms with Crippen LogP contribution in [0.3, 0.4) is 0 Å². The van der Waals surface area contributed by atoms with Gasteiger partial charge in [0.15, 0.2) is 0 Å². The Morgan fingerprint density at radius 3 is 1.27 bits per heavy atom. The summed E-state index contributed by atoms with van der Waals surface area (Å²) < 4.78 is 62.7. The highest BCUT2D eigenvalue weighted by Gasteiger charge is 2.25. The minimum absolute atomic E-state index is 0.212. The molecular formula is C23H25NO7S2. The van der Waals surface area contributed by atoms with Gasteiger partial charge in [-0.2, -0.15) is 12.7 Å². The van der Waals surface area contributed by atoms with Gasteiger partial charge in [-0.1, -0.05) is 61.0 Å². The van der Waals surface area contributed by atoms with E-state index in [1.54, 1.807) is 60.7 Å². The predicted molar refractivity (Wildman–Crippen MR) is 124 cm³/mol. The van der Waals surface area contributed by atoms with Crippen LogP contribution in [-0.4, -0.2) is 34.2 Å². The molecule has 4 rings (SSSR count). The fraction of sp³-hybridized carbons (Fsp3) is 0.217. The Kier molecular flexibility index (Phi) is 8.70. The van der Waals surface area contributed by atoms with Gasteiger partial charge in [0.05, 0.1) is 0 Å². The second-order valence-corrected chi connectivity index (χ2v) is 9.70. The van der Waals surface area contributed by atoms with E-state index in [0.29, 0.717) is 18.8 Å². The molecule has 33 heavy (non-hydrogen) atoms. The van der Waals surface area contributed by atoms with Crippen LogP contribution >= 0.6 is 0 Å². The van der Waals surface area contributed by atoms with E-state index in [4.69, 9.17) is 12.5 Å². The number of hydrogen-bond acceptors (Lipinski definition) is 7. The molecule has 0 atom stereocenters. The fourth-order valence-electron chi connectivity index (χ4n) is 2.94. The zero-order valence-corrected chi connectivity index (χ0v) is 19.5. The highest BCUT2D eigenvalue weighted by molar-refractivity contribution is 7.84. The Hall–Kier alpha value is -3.08. The lowest BCUT2D eigenvalue weighted by atomic mass is 10.2. The molecule has 0 radical (unpaired) electrons. The Bertz CT molecular complexity index is 1130. The van der Waals surface area contributed by atoms with Gasteiger partial charge in [-0.3, -0.25) is 0 Å². The van der Waals surface area contributed by atoms with Gasteiger partial charge < -0.3 is 12.5 Å². The molecule has 1 heterocycles. The van der Waals surface area contributed by atoms with Crippen LogP contribution in [0.5, 0.6) is 17.2 Å². The summed E-state index contributed by atoms with van der Waals surface area (Å²) in [4.78, 5) is 0. The summed E-state index contributed by atoms with van der Waals surface area (Å²) in [7, 11) is -7.69. The summed E-state index contributed by atoms with van der Waals surface area (Å²) in [6.07, 6.45) is 2.92. The molecule has 1 aliphatic heterocycles. The highest BCUT2D eigenvalue weighted by Crippen LogP contribution is 2.18. The maximum absolute atomic E-state index is 11.9. The summed E-state index contributed by atoms with van der Waals surface area (Å²) in [5.74, 6) is 0.792. The molecule has 0 spiro atoms. The third kappa shape index (κ3) is 8.41. The molecule has 0 N–H and O–H groups in total. The van der Waals surface area contributed by atoms with Gasteiger partial charge in [0.2, 0.25) is 0 Å². The lowest BCUT2D eigenvalue weighted by Gasteiger charge is -2.24. The molecule has 0 unspecified atom stereocenters. The molecule has 176 valence electrons. The molecule has 3 aromatic rings. The average molecular weight is 492 g/mol. The van der Waals surface area contributed by atoms with E-state index in [0.717, 1.165) is 19.3 Å². The number of nitrogens with zero attached hydrogens (tertiary/aromatic N) is 1. The molecule has 0 aliphatic carbocycles. The maximum atomic E-state index is 11.9. The molecule has 8 nitrogen and oxygen atoms in total. The van der Waals surface area contributed by atoms with Crippen LogP contribution in [0.25, 0.3) is 0 Å². The number of hydrogen-bond donors (Lipinski definition) is 0. The van der Waals surface area contributed by atoms with Crippen LogP contribution in [0.15, 0.2) is 91.0 Å². The lowest BCUT2D eigenvalue weighted by molar-refractivity contribution is 0.312. The van der Waals surface area contributed by atoms with E-state index in [9.17, 15) is 16.8 Å². The zero-order chi connectivity index (χ0) is 23.6. The van der Waals surface area contributed by atoms with Gasteiger partial charge >= 0.3 is 20.7 Å². The number of benzene rings is 3. The van der Waals surface area contributed by atoms with Crippen molar-refractivity contribution >= 4 is 20.7 Å². The number of piperidine rings is 1. The lowest BCUT2D eigenvalue weighted by Crippen LogP contribution is -2.38. The third-order valence-electron chi connectivity index (χ3n) is 4.46. The van der Waals surface area contributed by atoms with Gasteiger partial charge in [0, 0.05) is 13.1 Å². The predicted octanol–water partition coefficient (Wildman–Crippen LogP) is 4.19. The molecule has 0 bridgehead atoms. The van der Waals surface area contributed by atoms with E-state index in [-0.39, 0.29) is 11.5 Å². The quantitative estimate of drug-likeness (QED) is 0.489. The first-order chi connectivity index (χ1) is 15.8. The maximum Gasteiger partial charge on any atom is 0.500 e. The largest absolute Gasteiger partial charge is 0.500 e. The fourth-order valence-corrected chi connectivity index (χ4v) is 4.84. The van der Waals surface area contributed by atoms with Gasteiger partial charge in [-0.25, -0.2) is 0 Å². The summed E-state index contributed by atoms with van der Waals surface area (Å²) in [6, 6.07) is 25.0. The van der Waals surface area contributed by atoms with Crippen molar-refractivity contribution in [2.45, 2.75) is 19.3 Å². The SMILES string of the molecule is O=S(=O)(Oc1ccccc1)N1CCCCC1.O=S(=O)(Oc1ccccc1)Oc1ccccc1. The molecule has 1 fully saturated rings. The standard InChI is InChI=1S/C12H10O4S.C11H15NO3S/c13-17(14,15-11-7-3-1-4-8-11)16-12-9-5-2-6-10-12;13-16(14,12-9-5-2-6-10-12)15-11-7-3-1-4-8-11/h1-10H;1,3-4,7-8H,2,5-6,9-10H2. The minimum atomic E-state index is -4.09. The normalized spacial score (nSPS) is 14.4. The third-order valence-corrected chi connectivity index (χ3v) is 6.65. The summed E-state index contributed by atoms with van der Waals surface area (Å²) in [5.41, 5.74) is 0. The molecule has 0 saturated carbocycles. The first-order valence-electron chi connectivity index (χ1n) is 10.3. The van der Waals surface area contributed by atoms with Gasteiger partial charge in [0.25, 0.3) is 0 Å². The Balaban J connectivity index is 0.000000186. The minimum Gasteiger partial charge on any atom is -0.371 e. The van der Waals surface area contributed by atoms with E-state index in [2.05, 4.69) is 0 Å². The van der Waals surface area contributed by atoms with Crippen molar-refractivity contribution in [3.8, 4) is 17.2 Å². The topological polar surface area (TPSA) is 99.2 Å². The van der Waals surface area contributed by atoms with Crippen molar-refractivity contribution in [1.29, 1.82) is 0 Å². The summed E-state index contributed by atoms with van der Waals surface area (Å²) in [6.45, 7) is 1.13. The van der Waals surface area contributed by atoms with Crippen LogP contribution in [-0.2, 0) is 20.7 Å². The second-order valence-electron chi connectivity index (χ2n) is 7.01. The Labute approximate surface area is 194 Å². The van der Waals surface area contributed by atoms with Crippen LogP contribution in [0, 0.1) is 0 Å². The number of rotatable bonds is 7. The molecule has 1 aliphatic rings. The molecule has 10 heteroatoms. The van der Waals surface area contributed by atoms with Crippen molar-refractivity contribution in [3.63, 3.8) is 0 Å². The molecule has 1 saturated heterocycles. The Morgan fingerprint density at radius 2 is 0.879 bits per heavy atom. The summed E-state index contributed by atoms with van der Waals surface area (Å²) >= 11 is 0. The van der Waals surface area contributed by atoms with Crippen molar-refractivity contribution in [1.82, 2.24) is 4.31 Å². The average Bonchev–Trinajstić information content (AvgIpc) is 2.81. The van der Waals surface area contributed by atoms with Crippen LogP contribution in [0.2, 0.25) is 0 Å². The van der Waals surface area contributed by atoms with Crippen molar-refractivity contribution in [2.75, 3.05) is 13.1 Å². The van der Waals surface area contributed by atoms with E-state index < -0.39 is 20.7 Å². The van der Waals surface area contributed by atoms with Crippen molar-refractivity contribution in [2.24, 2.45) is 0 Å². The smallest absolute Gasteiger partial charge is 0.371 e. The van der Waals surface area contributed by atoms with Crippen LogP contribution in [0.4, 0.5) is 0 Å². The first kappa shape index (κ1) is 24.6. The monoisotopic (exact) mass is 491 g/mol. The van der Waals surface area contributed by atoms with Crippen LogP contribution in [0.1, 0.15) is 19.3 Å². The van der Waals surface area contributed by atoms with Crippen LogP contribution < -0.4 is 12.5 Å².